The number of rotatable bonds is 12. The first-order valence-corrected chi connectivity index (χ1v) is 29.2. The smallest absolute Gasteiger partial charge is 0.143 e. The molecule has 0 fully saturated rings. The zero-order valence-corrected chi connectivity index (χ0v) is 48.2. The van der Waals surface area contributed by atoms with Crippen LogP contribution in [0.25, 0.3) is 99.6 Å². The van der Waals surface area contributed by atoms with Crippen molar-refractivity contribution in [1.82, 2.24) is 14.1 Å². The first-order chi connectivity index (χ1) is 47.6. The van der Waals surface area contributed by atoms with Gasteiger partial charge in [0.05, 0.1) is 52.8 Å². The Morgan fingerprint density at radius 3 is 1.57 bits per heavy atom. The van der Waals surface area contributed by atoms with Crippen LogP contribution in [0.4, 0.5) is 22.7 Å². The van der Waals surface area contributed by atoms with Crippen molar-refractivity contribution in [1.29, 1.82) is 0 Å². The van der Waals surface area contributed by atoms with Crippen molar-refractivity contribution in [2.75, 3.05) is 16.5 Å². The van der Waals surface area contributed by atoms with Gasteiger partial charge in [-0.2, -0.15) is 0 Å². The van der Waals surface area contributed by atoms with Gasteiger partial charge in [-0.25, -0.2) is 4.98 Å². The molecule has 0 saturated heterocycles. The Labute approximate surface area is 525 Å². The van der Waals surface area contributed by atoms with Crippen LogP contribution in [0, 0.1) is 20.8 Å². The van der Waals surface area contributed by atoms with Crippen molar-refractivity contribution >= 4 is 66.4 Å². The number of nitrogens with zero attached hydrogens (tertiary/aromatic N) is 5. The molecule has 15 aromatic rings. The highest BCUT2D eigenvalue weighted by Crippen LogP contribution is 2.52. The molecule has 12 aromatic carbocycles. The second-order valence-electron chi connectivity index (χ2n) is 22.0. The summed E-state index contributed by atoms with van der Waals surface area (Å²) in [4.78, 5) is 9.08. The van der Waals surface area contributed by atoms with Gasteiger partial charge in [-0.05, 0) is 133 Å². The Kier molecular flexibility index (Phi) is 10.4. The second-order valence-corrected chi connectivity index (χ2v) is 22.0. The van der Waals surface area contributed by atoms with E-state index in [1.807, 2.05) is 94.7 Å². The fourth-order valence-electron chi connectivity index (χ4n) is 13.0. The monoisotopic (exact) mass is 1140 g/mol. The van der Waals surface area contributed by atoms with Gasteiger partial charge in [0, 0.05) is 79.6 Å². The van der Waals surface area contributed by atoms with Crippen LogP contribution < -0.4 is 19.3 Å². The van der Waals surface area contributed by atoms with E-state index >= 15 is 0 Å². The lowest BCUT2D eigenvalue weighted by atomic mass is 9.86. The molecule has 16 rings (SSSR count). The molecule has 1 aliphatic heterocycles. The summed E-state index contributed by atoms with van der Waals surface area (Å²) in [5.41, 5.74) is 15.0. The van der Waals surface area contributed by atoms with Gasteiger partial charge in [0.15, 0.2) is 0 Å². The number of aromatic nitrogens is 3. The first kappa shape index (κ1) is 42.4. The van der Waals surface area contributed by atoms with E-state index < -0.39 is 60.4 Å². The van der Waals surface area contributed by atoms with Crippen LogP contribution in [0.5, 0.6) is 23.0 Å². The summed E-state index contributed by atoms with van der Waals surface area (Å²) in [6.45, 7) is 6.59. The highest BCUT2D eigenvalue weighted by Gasteiger charge is 2.32. The quantitative estimate of drug-likeness (QED) is 0.122. The standard InChI is InChI=1S/C81H59N5O2/c1-53-54(2)78(58-28-12-6-13-29-58)81(79(55(53)3)59-30-14-7-15-31-59)88-64-46-47-82-77(51-64)86-73-45-42-61(85-71-38-18-16-34-67(71)68-35-17-19-39-72(68)85)49-70(73)69-44-43-63(50-76(69)86)87-62-33-22-32-60(48-62)83-52-84(75-41-21-20-40-74(75)83)80-65(56-24-8-4-9-25-56)36-23-37-66(80)57-26-10-5-11-27-57/h4-51H,52H2,1-3H3/i4D,5D,8D,9D,10D,11D,24D,25D,26D,27D. The predicted molar refractivity (Wildman–Crippen MR) is 364 cm³/mol. The second kappa shape index (κ2) is 21.6. The van der Waals surface area contributed by atoms with Crippen molar-refractivity contribution < 1.29 is 23.2 Å². The number of para-hydroxylation sites is 5. The fourth-order valence-corrected chi connectivity index (χ4v) is 13.0. The van der Waals surface area contributed by atoms with Crippen LogP contribution in [0.2, 0.25) is 0 Å². The van der Waals surface area contributed by atoms with E-state index in [9.17, 15) is 5.48 Å². The summed E-state index contributed by atoms with van der Waals surface area (Å²) in [7, 11) is 0. The van der Waals surface area contributed by atoms with Gasteiger partial charge < -0.3 is 23.8 Å². The molecular weight excluding hydrogens is 1070 g/mol. The normalized spacial score (nSPS) is 13.8. The van der Waals surface area contributed by atoms with E-state index in [-0.39, 0.29) is 34.6 Å². The summed E-state index contributed by atoms with van der Waals surface area (Å²) < 4.78 is 107. The zero-order chi connectivity index (χ0) is 67.5. The molecule has 0 amide bonds. The van der Waals surface area contributed by atoms with Crippen molar-refractivity contribution in [3.8, 4) is 79.0 Å². The van der Waals surface area contributed by atoms with E-state index in [1.54, 1.807) is 24.4 Å². The predicted octanol–water partition coefficient (Wildman–Crippen LogP) is 21.7. The average molecular weight is 1140 g/mol. The third-order valence-corrected chi connectivity index (χ3v) is 17.1. The summed E-state index contributed by atoms with van der Waals surface area (Å²) in [6, 6.07) is 69.4. The van der Waals surface area contributed by atoms with Gasteiger partial charge in [0.1, 0.15) is 35.5 Å². The van der Waals surface area contributed by atoms with E-state index in [0.717, 1.165) is 94.1 Å². The maximum absolute atomic E-state index is 9.18. The summed E-state index contributed by atoms with van der Waals surface area (Å²) in [5.74, 6) is 3.01. The van der Waals surface area contributed by atoms with Crippen LogP contribution in [-0.2, 0) is 0 Å². The maximum Gasteiger partial charge on any atom is 0.143 e. The molecule has 7 nitrogen and oxygen atoms in total. The Balaban J connectivity index is 0.826. The number of hydrogen-bond acceptors (Lipinski definition) is 5. The van der Waals surface area contributed by atoms with Crippen LogP contribution >= 0.6 is 0 Å². The lowest BCUT2D eigenvalue weighted by Gasteiger charge is -2.27. The molecule has 0 atom stereocenters. The molecule has 7 heteroatoms. The topological polar surface area (TPSA) is 47.7 Å². The molecule has 88 heavy (non-hydrogen) atoms. The molecule has 0 N–H and O–H groups in total. The number of fused-ring (bicyclic) bond motifs is 7. The van der Waals surface area contributed by atoms with Crippen LogP contribution in [0.15, 0.2) is 291 Å². The molecule has 0 unspecified atom stereocenters. The van der Waals surface area contributed by atoms with E-state index in [4.69, 9.17) is 22.7 Å². The number of anilines is 4. The SMILES string of the molecule is [2H]c1c([2H])c([2H])c(-c2cccc(-c3c([2H])c([2H])c([2H])c([2H])c3[2H])c2N2CN(c3cccc(Oc4ccc5c6cc(-n7c8ccccc8c8ccccc87)ccc6n(-c6cc(Oc7c(-c8ccccc8)c(C)c(C)c(C)c7-c7ccccc7)ccn6)c5c4)c3)c3ccccc32)c([2H])c1[2H]. The average Bonchev–Trinajstić information content (AvgIpc) is 1.61. The van der Waals surface area contributed by atoms with Gasteiger partial charge in [-0.3, -0.25) is 4.57 Å². The van der Waals surface area contributed by atoms with Gasteiger partial charge in [-0.15, -0.1) is 0 Å². The van der Waals surface area contributed by atoms with Gasteiger partial charge in [-0.1, -0.05) is 194 Å². The minimum atomic E-state index is -0.563. The van der Waals surface area contributed by atoms with Crippen molar-refractivity contribution in [3.63, 3.8) is 0 Å². The highest BCUT2D eigenvalue weighted by atomic mass is 16.5. The minimum Gasteiger partial charge on any atom is -0.457 e. The van der Waals surface area contributed by atoms with Crippen molar-refractivity contribution in [3.05, 3.63) is 308 Å². The van der Waals surface area contributed by atoms with Crippen LogP contribution in [0.1, 0.15) is 30.4 Å². The molecule has 0 aliphatic carbocycles. The van der Waals surface area contributed by atoms with Gasteiger partial charge in [0.2, 0.25) is 0 Å². The third kappa shape index (κ3) is 8.85. The summed E-state index contributed by atoms with van der Waals surface area (Å²) in [5, 5.41) is 4.27. The summed E-state index contributed by atoms with van der Waals surface area (Å²) in [6.07, 6.45) is 1.79. The van der Waals surface area contributed by atoms with Crippen LogP contribution in [-0.4, -0.2) is 20.8 Å². The molecule has 0 saturated carbocycles. The van der Waals surface area contributed by atoms with Crippen molar-refractivity contribution in [2.24, 2.45) is 0 Å². The molecule has 420 valence electrons. The fraction of sp³-hybridized carbons (Fsp3) is 0.0494. The number of pyridine rings is 1. The minimum absolute atomic E-state index is 0.0762. The third-order valence-electron chi connectivity index (χ3n) is 17.1. The Morgan fingerprint density at radius 1 is 0.375 bits per heavy atom. The van der Waals surface area contributed by atoms with E-state index in [1.165, 1.54) is 5.56 Å². The molecule has 0 radical (unpaired) electrons. The Bertz CT molecular complexity index is 5550. The van der Waals surface area contributed by atoms with Gasteiger partial charge >= 0.3 is 0 Å². The number of ether oxygens (including phenoxy) is 2. The van der Waals surface area contributed by atoms with E-state index in [0.29, 0.717) is 34.4 Å². The largest absolute Gasteiger partial charge is 0.457 e. The molecule has 1 aliphatic rings. The maximum atomic E-state index is 9.18. The lowest BCUT2D eigenvalue weighted by Crippen LogP contribution is -2.24. The molecule has 4 heterocycles. The Hall–Kier alpha value is -11.4. The van der Waals surface area contributed by atoms with Crippen LogP contribution in [0.3, 0.4) is 0 Å². The molecule has 0 spiro atoms. The van der Waals surface area contributed by atoms with Gasteiger partial charge in [0.25, 0.3) is 0 Å². The number of benzene rings is 12. The number of hydrogen-bond donors (Lipinski definition) is 0. The molecular formula is C81H59N5O2. The van der Waals surface area contributed by atoms with Crippen molar-refractivity contribution in [2.45, 2.75) is 20.8 Å². The lowest BCUT2D eigenvalue weighted by molar-refractivity contribution is 0.483. The summed E-state index contributed by atoms with van der Waals surface area (Å²) >= 11 is 0. The highest BCUT2D eigenvalue weighted by molar-refractivity contribution is 6.12. The first-order valence-electron chi connectivity index (χ1n) is 34.2. The molecule has 3 aromatic heterocycles. The van der Waals surface area contributed by atoms with E-state index in [2.05, 4.69) is 151 Å². The zero-order valence-electron chi connectivity index (χ0n) is 58.2. The molecule has 0 bridgehead atoms. The Morgan fingerprint density at radius 2 is 0.920 bits per heavy atom.